The van der Waals surface area contributed by atoms with Gasteiger partial charge in [-0.3, -0.25) is 32.5 Å². The molecule has 234 valence electrons. The van der Waals surface area contributed by atoms with Crippen LogP contribution in [0.4, 0.5) is 0 Å². The molecule has 1 amide bonds. The Balaban J connectivity index is 1.35. The van der Waals surface area contributed by atoms with E-state index >= 15 is 0 Å². The van der Waals surface area contributed by atoms with E-state index in [-0.39, 0.29) is 29.0 Å². The number of pyridine rings is 2. The van der Waals surface area contributed by atoms with Crippen LogP contribution in [0, 0.1) is 0 Å². The first-order valence-electron chi connectivity index (χ1n) is 15.1. The molecule has 0 atom stereocenters. The normalized spacial score (nSPS) is 12.6. The van der Waals surface area contributed by atoms with Crippen molar-refractivity contribution in [3.05, 3.63) is 92.5 Å². The van der Waals surface area contributed by atoms with Crippen molar-refractivity contribution in [2.75, 3.05) is 12.3 Å². The van der Waals surface area contributed by atoms with Crippen LogP contribution in [0.15, 0.2) is 70.3 Å². The summed E-state index contributed by atoms with van der Waals surface area (Å²) in [5.41, 5.74) is 2.76. The Morgan fingerprint density at radius 3 is 1.81 bits per heavy atom. The van der Waals surface area contributed by atoms with Crippen LogP contribution in [0.5, 0.6) is 0 Å². The van der Waals surface area contributed by atoms with Crippen LogP contribution in [0.25, 0.3) is 65.7 Å². The second kappa shape index (κ2) is 10.2. The quantitative estimate of drug-likeness (QED) is 0.138. The zero-order chi connectivity index (χ0) is 32.8. The molecule has 0 radical (unpaired) electrons. The summed E-state index contributed by atoms with van der Waals surface area (Å²) in [4.78, 5) is 63.3. The molecule has 0 aliphatic rings. The highest BCUT2D eigenvalue weighted by atomic mass is 32.2. The molecule has 0 saturated heterocycles. The maximum atomic E-state index is 14.1. The van der Waals surface area contributed by atoms with Gasteiger partial charge in [0.1, 0.15) is 11.3 Å². The lowest BCUT2D eigenvalue weighted by Gasteiger charge is -2.12. The van der Waals surface area contributed by atoms with Gasteiger partial charge in [-0.05, 0) is 67.1 Å². The molecule has 4 aromatic heterocycles. The van der Waals surface area contributed by atoms with Gasteiger partial charge in [-0.1, -0.05) is 13.3 Å². The van der Waals surface area contributed by atoms with Crippen molar-refractivity contribution in [3.63, 3.8) is 0 Å². The van der Waals surface area contributed by atoms with Crippen molar-refractivity contribution >= 4 is 87.5 Å². The van der Waals surface area contributed by atoms with Crippen LogP contribution in [-0.4, -0.2) is 55.7 Å². The van der Waals surface area contributed by atoms with Gasteiger partial charge < -0.3 is 5.32 Å². The predicted molar refractivity (Wildman–Crippen MR) is 179 cm³/mol. The largest absolute Gasteiger partial charge is 0.351 e. The first-order valence-corrected chi connectivity index (χ1v) is 16.7. The Bertz CT molecular complexity index is 2880. The van der Waals surface area contributed by atoms with Gasteiger partial charge in [-0.2, -0.15) is 8.42 Å². The summed E-state index contributed by atoms with van der Waals surface area (Å²) in [6.07, 6.45) is 2.11. The van der Waals surface area contributed by atoms with E-state index in [0.29, 0.717) is 77.7 Å². The van der Waals surface area contributed by atoms with Gasteiger partial charge in [0, 0.05) is 56.4 Å². The van der Waals surface area contributed by atoms with Crippen LogP contribution in [0.1, 0.15) is 46.9 Å². The van der Waals surface area contributed by atoms with Gasteiger partial charge in [0.25, 0.3) is 27.1 Å². The van der Waals surface area contributed by atoms with Gasteiger partial charge in [0.2, 0.25) is 0 Å². The Morgan fingerprint density at radius 2 is 1.28 bits per heavy atom. The number of hydrogen-bond acceptors (Lipinski definition) is 8. The molecule has 0 bridgehead atoms. The number of amides is 1. The number of unbranched alkanes of at least 4 members (excludes halogenated alkanes) is 1. The van der Waals surface area contributed by atoms with Gasteiger partial charge >= 0.3 is 0 Å². The summed E-state index contributed by atoms with van der Waals surface area (Å²) < 4.78 is 34.0. The third-order valence-corrected chi connectivity index (χ3v) is 9.53. The number of nitrogens with one attached hydrogen (secondary N) is 1. The lowest BCUT2D eigenvalue weighted by molar-refractivity contribution is 0.0953. The van der Waals surface area contributed by atoms with E-state index in [1.54, 1.807) is 48.5 Å². The lowest BCUT2D eigenvalue weighted by Crippen LogP contribution is -2.28. The number of rotatable bonds is 8. The van der Waals surface area contributed by atoms with E-state index in [2.05, 4.69) is 5.32 Å². The smallest absolute Gasteiger partial charge is 0.266 e. The standard InChI is InChI=1S/C34H25N5O7S/c1-2-3-4-27(40)17-5-11-23-25(15-17)38-30(36-23)19-7-10-22-29-20(8-9-21(28(19)29)33(38)42)31-37-24-12-6-18(16-26(24)39(31)34(22)43)32(41)35-13-14-47(44,45)46/h5-12,15-16H,2-4,13-14H2,1H3,(H,35,41)(H,44,45,46). The Labute approximate surface area is 264 Å². The van der Waals surface area contributed by atoms with Gasteiger partial charge in [-0.15, -0.1) is 0 Å². The van der Waals surface area contributed by atoms with Crippen molar-refractivity contribution < 1.29 is 22.6 Å². The van der Waals surface area contributed by atoms with Crippen LogP contribution in [-0.2, 0) is 10.1 Å². The molecule has 0 spiro atoms. The molecular weight excluding hydrogens is 622 g/mol. The van der Waals surface area contributed by atoms with Crippen molar-refractivity contribution in [1.29, 1.82) is 0 Å². The molecule has 0 aliphatic carbocycles. The van der Waals surface area contributed by atoms with E-state index < -0.39 is 21.8 Å². The van der Waals surface area contributed by atoms with E-state index in [0.717, 1.165) is 12.8 Å². The monoisotopic (exact) mass is 647 g/mol. The zero-order valence-corrected chi connectivity index (χ0v) is 25.7. The highest BCUT2D eigenvalue weighted by Crippen LogP contribution is 2.37. The number of ketones is 1. The lowest BCUT2D eigenvalue weighted by atomic mass is 9.96. The summed E-state index contributed by atoms with van der Waals surface area (Å²) in [6.45, 7) is 1.74. The van der Waals surface area contributed by atoms with Gasteiger partial charge in [0.15, 0.2) is 5.78 Å². The third-order valence-electron chi connectivity index (χ3n) is 8.81. The minimum atomic E-state index is -4.25. The first kappa shape index (κ1) is 28.9. The van der Waals surface area contributed by atoms with Crippen LogP contribution in [0.2, 0.25) is 0 Å². The summed E-state index contributed by atoms with van der Waals surface area (Å²) >= 11 is 0. The van der Waals surface area contributed by atoms with E-state index in [4.69, 9.17) is 14.5 Å². The minimum Gasteiger partial charge on any atom is -0.351 e. The molecular formula is C34H25N5O7S. The highest BCUT2D eigenvalue weighted by molar-refractivity contribution is 7.85. The molecule has 0 saturated carbocycles. The molecule has 4 aromatic carbocycles. The number of aromatic nitrogens is 4. The van der Waals surface area contributed by atoms with Crippen LogP contribution in [0.3, 0.4) is 0 Å². The predicted octanol–water partition coefficient (Wildman–Crippen LogP) is 4.33. The number of fused-ring (bicyclic) bond motifs is 8. The van der Waals surface area contributed by atoms with Gasteiger partial charge in [0.05, 0.1) is 27.8 Å². The van der Waals surface area contributed by atoms with E-state index in [1.807, 2.05) is 6.92 Å². The molecule has 0 aliphatic heterocycles. The van der Waals surface area contributed by atoms with Crippen LogP contribution >= 0.6 is 0 Å². The number of Topliss-reactive ketones (excluding diaryl/α,β-unsaturated/α-hetero) is 1. The van der Waals surface area contributed by atoms with Crippen molar-refractivity contribution in [2.45, 2.75) is 26.2 Å². The molecule has 8 rings (SSSR count). The number of nitrogens with zero attached hydrogens (tertiary/aromatic N) is 4. The summed E-state index contributed by atoms with van der Waals surface area (Å²) in [5.74, 6) is -1.20. The number of carbonyl (C=O) groups excluding carboxylic acids is 2. The first-order chi connectivity index (χ1) is 22.6. The second-order valence-corrected chi connectivity index (χ2v) is 13.3. The van der Waals surface area contributed by atoms with Crippen molar-refractivity contribution in [3.8, 4) is 0 Å². The number of benzene rings is 4. The fourth-order valence-electron chi connectivity index (χ4n) is 6.58. The third kappa shape index (κ3) is 4.34. The molecule has 2 N–H and O–H groups in total. The Morgan fingerprint density at radius 1 is 0.766 bits per heavy atom. The summed E-state index contributed by atoms with van der Waals surface area (Å²) in [7, 11) is -4.25. The van der Waals surface area contributed by atoms with Crippen molar-refractivity contribution in [1.82, 2.24) is 24.1 Å². The Kier molecular flexibility index (Phi) is 6.30. The fraction of sp³-hybridized carbons (Fsp3) is 0.176. The van der Waals surface area contributed by atoms with Crippen molar-refractivity contribution in [2.24, 2.45) is 0 Å². The molecule has 0 unspecified atom stereocenters. The molecule has 12 nitrogen and oxygen atoms in total. The van der Waals surface area contributed by atoms with Gasteiger partial charge in [-0.25, -0.2) is 9.97 Å². The summed E-state index contributed by atoms with van der Waals surface area (Å²) in [6, 6.07) is 16.8. The Hall–Kier alpha value is -5.53. The summed E-state index contributed by atoms with van der Waals surface area (Å²) in [5, 5.41) is 5.70. The SMILES string of the molecule is CCCCC(=O)c1ccc2nc3c4ccc5c(=O)n6c7cc(C(=O)NCCS(=O)(=O)O)ccc7nc6c6ccc(c(=O)n3c2c1)c4c56. The molecule has 0 fully saturated rings. The fourth-order valence-corrected chi connectivity index (χ4v) is 6.94. The average Bonchev–Trinajstić information content (AvgIpc) is 3.63. The maximum absolute atomic E-state index is 14.1. The second-order valence-electron chi connectivity index (χ2n) is 11.7. The minimum absolute atomic E-state index is 0.0118. The number of imidazole rings is 2. The van der Waals surface area contributed by atoms with E-state index in [9.17, 15) is 27.6 Å². The molecule has 8 aromatic rings. The molecule has 47 heavy (non-hydrogen) atoms. The van der Waals surface area contributed by atoms with Crippen LogP contribution < -0.4 is 16.4 Å². The average molecular weight is 648 g/mol. The maximum Gasteiger partial charge on any atom is 0.266 e. The number of hydrogen-bond donors (Lipinski definition) is 2. The van der Waals surface area contributed by atoms with E-state index in [1.165, 1.54) is 20.9 Å². The number of carbonyl (C=O) groups is 2. The zero-order valence-electron chi connectivity index (χ0n) is 24.9. The topological polar surface area (TPSA) is 169 Å². The molecule has 13 heteroatoms. The molecule has 4 heterocycles. The highest BCUT2D eigenvalue weighted by Gasteiger charge is 2.23.